The maximum absolute atomic E-state index is 12.3. The Balaban J connectivity index is 1.92. The molecule has 0 unspecified atom stereocenters. The summed E-state index contributed by atoms with van der Waals surface area (Å²) in [5.74, 6) is 0.957. The fourth-order valence-corrected chi connectivity index (χ4v) is 2.98. The average Bonchev–Trinajstić information content (AvgIpc) is 2.60. The van der Waals surface area contributed by atoms with Crippen LogP contribution in [-0.4, -0.2) is 33.1 Å². The molecule has 0 spiro atoms. The largest absolute Gasteiger partial charge is 0.489 e. The summed E-state index contributed by atoms with van der Waals surface area (Å²) in [5, 5.41) is 3.99. The summed E-state index contributed by atoms with van der Waals surface area (Å²) in [4.78, 5) is 13.7. The molecule has 0 saturated heterocycles. The number of carbonyl (C=O) groups is 1. The normalized spacial score (nSPS) is 12.1. The zero-order valence-electron chi connectivity index (χ0n) is 15.3. The van der Waals surface area contributed by atoms with Crippen LogP contribution in [0.1, 0.15) is 22.8 Å². The Labute approximate surface area is 165 Å². The van der Waals surface area contributed by atoms with E-state index in [0.29, 0.717) is 40.4 Å². The van der Waals surface area contributed by atoms with Crippen LogP contribution in [0.3, 0.4) is 0 Å². The van der Waals surface area contributed by atoms with E-state index in [1.165, 1.54) is 4.90 Å². The Morgan fingerprint density at radius 2 is 1.92 bits per heavy atom. The van der Waals surface area contributed by atoms with Gasteiger partial charge in [-0.05, 0) is 35.9 Å². The molecule has 6 heteroatoms. The number of hydrogen-bond acceptors (Lipinski definition) is 2. The van der Waals surface area contributed by atoms with Gasteiger partial charge >= 0.3 is 0 Å². The maximum atomic E-state index is 12.3. The van der Waals surface area contributed by atoms with Crippen molar-refractivity contribution in [3.05, 3.63) is 63.6 Å². The van der Waals surface area contributed by atoms with E-state index in [1.807, 2.05) is 18.2 Å². The Morgan fingerprint density at radius 1 is 1.15 bits per heavy atom. The van der Waals surface area contributed by atoms with E-state index < -0.39 is 0 Å². The number of nitrogens with one attached hydrogen (secondary N) is 2. The lowest BCUT2D eigenvalue weighted by Crippen LogP contribution is -3.06. The molecule has 0 aliphatic heterocycles. The number of carbonyl (C=O) groups excluding carboxylic acids is 1. The van der Waals surface area contributed by atoms with Gasteiger partial charge in [-0.2, -0.15) is 0 Å². The van der Waals surface area contributed by atoms with Gasteiger partial charge in [-0.25, -0.2) is 0 Å². The van der Waals surface area contributed by atoms with E-state index in [4.69, 9.17) is 27.9 Å². The van der Waals surface area contributed by atoms with Gasteiger partial charge in [-0.3, -0.25) is 4.79 Å². The second kappa shape index (κ2) is 9.81. The van der Waals surface area contributed by atoms with E-state index >= 15 is 0 Å². The van der Waals surface area contributed by atoms with Crippen LogP contribution >= 0.6 is 23.2 Å². The van der Waals surface area contributed by atoms with Crippen LogP contribution in [0.15, 0.2) is 42.5 Å². The van der Waals surface area contributed by atoms with E-state index in [1.54, 1.807) is 24.3 Å². The number of rotatable bonds is 8. The van der Waals surface area contributed by atoms with Crippen molar-refractivity contribution in [3.8, 4) is 5.75 Å². The molecule has 2 aromatic carbocycles. The molecule has 2 aromatic rings. The molecule has 0 radical (unpaired) electrons. The lowest BCUT2D eigenvalue weighted by Gasteiger charge is -2.15. The highest BCUT2D eigenvalue weighted by Crippen LogP contribution is 2.23. The van der Waals surface area contributed by atoms with Crippen LogP contribution in [0.25, 0.3) is 0 Å². The first-order valence-electron chi connectivity index (χ1n) is 8.59. The molecular formula is C20H25Cl2N2O2+. The minimum Gasteiger partial charge on any atom is -0.489 e. The molecule has 140 valence electrons. The number of amides is 1. The maximum Gasteiger partial charge on any atom is 0.251 e. The molecule has 1 atom stereocenters. The highest BCUT2D eigenvalue weighted by atomic mass is 35.5. The van der Waals surface area contributed by atoms with Crippen molar-refractivity contribution in [1.82, 2.24) is 5.32 Å². The highest BCUT2D eigenvalue weighted by molar-refractivity contribution is 6.42. The van der Waals surface area contributed by atoms with Gasteiger partial charge in [0.15, 0.2) is 0 Å². The van der Waals surface area contributed by atoms with Gasteiger partial charge in [0.05, 0.1) is 30.7 Å². The standard InChI is InChI=1S/C20H24Cl2N2O2/c1-14(12-24(2)3)11-23-20(25)16-5-4-6-17(10-16)26-13-15-7-8-18(21)19(22)9-15/h4-10,14H,11-13H2,1-3H3,(H,23,25)/p+1/t14-/m0/s1. The Kier molecular flexibility index (Phi) is 7.76. The number of quaternary nitrogens is 1. The van der Waals surface area contributed by atoms with Gasteiger partial charge in [0.25, 0.3) is 5.91 Å². The number of halogens is 2. The zero-order chi connectivity index (χ0) is 19.1. The van der Waals surface area contributed by atoms with Crippen molar-refractivity contribution in [3.63, 3.8) is 0 Å². The molecule has 0 aromatic heterocycles. The fraction of sp³-hybridized carbons (Fsp3) is 0.350. The smallest absolute Gasteiger partial charge is 0.251 e. The van der Waals surface area contributed by atoms with Crippen LogP contribution in [0, 0.1) is 5.92 Å². The Bertz CT molecular complexity index is 750. The molecule has 2 N–H and O–H groups in total. The molecule has 0 heterocycles. The molecule has 0 aliphatic carbocycles. The number of ether oxygens (including phenoxy) is 1. The second-order valence-corrected chi connectivity index (χ2v) is 7.61. The first-order valence-corrected chi connectivity index (χ1v) is 9.34. The zero-order valence-corrected chi connectivity index (χ0v) is 16.8. The summed E-state index contributed by atoms with van der Waals surface area (Å²) in [6.07, 6.45) is 0. The van der Waals surface area contributed by atoms with Gasteiger partial charge in [-0.15, -0.1) is 0 Å². The van der Waals surface area contributed by atoms with E-state index in [2.05, 4.69) is 26.3 Å². The molecule has 2 rings (SSSR count). The molecule has 26 heavy (non-hydrogen) atoms. The second-order valence-electron chi connectivity index (χ2n) is 6.79. The summed E-state index contributed by atoms with van der Waals surface area (Å²) < 4.78 is 5.77. The van der Waals surface area contributed by atoms with E-state index in [0.717, 1.165) is 12.1 Å². The lowest BCUT2D eigenvalue weighted by molar-refractivity contribution is -0.861. The molecular weight excluding hydrogens is 371 g/mol. The Hall–Kier alpha value is -1.75. The van der Waals surface area contributed by atoms with Crippen molar-refractivity contribution in [1.29, 1.82) is 0 Å². The minimum absolute atomic E-state index is 0.0920. The van der Waals surface area contributed by atoms with Gasteiger partial charge in [-0.1, -0.05) is 42.3 Å². The van der Waals surface area contributed by atoms with Crippen LogP contribution in [-0.2, 0) is 6.61 Å². The molecule has 0 bridgehead atoms. The van der Waals surface area contributed by atoms with Gasteiger partial charge in [0, 0.05) is 18.0 Å². The predicted molar refractivity (Wildman–Crippen MR) is 106 cm³/mol. The van der Waals surface area contributed by atoms with Gasteiger partial charge in [0.1, 0.15) is 12.4 Å². The lowest BCUT2D eigenvalue weighted by atomic mass is 10.1. The molecule has 4 nitrogen and oxygen atoms in total. The summed E-state index contributed by atoms with van der Waals surface area (Å²) in [7, 11) is 4.21. The molecule has 0 fully saturated rings. The van der Waals surface area contributed by atoms with Crippen LogP contribution in [0.4, 0.5) is 0 Å². The van der Waals surface area contributed by atoms with Crippen molar-refractivity contribution in [2.24, 2.45) is 5.92 Å². The highest BCUT2D eigenvalue weighted by Gasteiger charge is 2.11. The monoisotopic (exact) mass is 395 g/mol. The number of hydrogen-bond donors (Lipinski definition) is 2. The molecule has 1 amide bonds. The van der Waals surface area contributed by atoms with Crippen molar-refractivity contribution >= 4 is 29.1 Å². The van der Waals surface area contributed by atoms with Crippen LogP contribution in [0.2, 0.25) is 10.0 Å². The first kappa shape index (κ1) is 20.6. The van der Waals surface area contributed by atoms with Crippen LogP contribution in [0.5, 0.6) is 5.75 Å². The molecule has 0 aliphatic rings. The Morgan fingerprint density at radius 3 is 2.62 bits per heavy atom. The predicted octanol–water partition coefficient (Wildman–Crippen LogP) is 3.08. The van der Waals surface area contributed by atoms with Gasteiger partial charge < -0.3 is 15.0 Å². The SMILES string of the molecule is C[C@@H](CNC(=O)c1cccc(OCc2ccc(Cl)c(Cl)c2)c1)C[NH+](C)C. The van der Waals surface area contributed by atoms with E-state index in [9.17, 15) is 4.79 Å². The summed E-state index contributed by atoms with van der Waals surface area (Å²) in [5.41, 5.74) is 1.50. The summed E-state index contributed by atoms with van der Waals surface area (Å²) >= 11 is 11.9. The van der Waals surface area contributed by atoms with Crippen molar-refractivity contribution in [2.45, 2.75) is 13.5 Å². The van der Waals surface area contributed by atoms with Crippen molar-refractivity contribution < 1.29 is 14.4 Å². The van der Waals surface area contributed by atoms with E-state index in [-0.39, 0.29) is 5.91 Å². The first-order chi connectivity index (χ1) is 12.3. The third-order valence-corrected chi connectivity index (χ3v) is 4.59. The minimum atomic E-state index is -0.0920. The summed E-state index contributed by atoms with van der Waals surface area (Å²) in [6, 6.07) is 12.5. The van der Waals surface area contributed by atoms with Crippen LogP contribution < -0.4 is 15.0 Å². The third kappa shape index (κ3) is 6.52. The van der Waals surface area contributed by atoms with Gasteiger partial charge in [0.2, 0.25) is 0 Å². The molecule has 0 saturated carbocycles. The number of benzene rings is 2. The fourth-order valence-electron chi connectivity index (χ4n) is 2.66. The topological polar surface area (TPSA) is 42.8 Å². The third-order valence-electron chi connectivity index (χ3n) is 3.85. The average molecular weight is 396 g/mol. The van der Waals surface area contributed by atoms with Crippen molar-refractivity contribution in [2.75, 3.05) is 27.2 Å². The quantitative estimate of drug-likeness (QED) is 0.720. The summed E-state index contributed by atoms with van der Waals surface area (Å²) in [6.45, 7) is 4.14.